The molecule has 0 bridgehead atoms. The van der Waals surface area contributed by atoms with Crippen LogP contribution in [0.4, 0.5) is 4.39 Å². The van der Waals surface area contributed by atoms with E-state index in [0.717, 1.165) is 6.07 Å². The Balaban J connectivity index is 1.76. The maximum Gasteiger partial charge on any atom is 0.243 e. The predicted octanol–water partition coefficient (Wildman–Crippen LogP) is 2.46. The summed E-state index contributed by atoms with van der Waals surface area (Å²) >= 11 is 0. The van der Waals surface area contributed by atoms with Gasteiger partial charge in [0, 0.05) is 13.1 Å². The topological polar surface area (TPSA) is 80.8 Å². The van der Waals surface area contributed by atoms with Crippen LogP contribution in [0.5, 0.6) is 5.75 Å². The lowest BCUT2D eigenvalue weighted by atomic mass is 10.2. The van der Waals surface area contributed by atoms with E-state index in [1.807, 2.05) is 0 Å². The van der Waals surface area contributed by atoms with Gasteiger partial charge < -0.3 is 4.74 Å². The smallest absolute Gasteiger partial charge is 0.243 e. The van der Waals surface area contributed by atoms with E-state index in [9.17, 15) is 21.2 Å². The van der Waals surface area contributed by atoms with Gasteiger partial charge in [-0.2, -0.15) is 4.31 Å². The van der Waals surface area contributed by atoms with Crippen LogP contribution < -0.4 is 4.74 Å². The van der Waals surface area contributed by atoms with Crippen molar-refractivity contribution in [3.8, 4) is 5.75 Å². The summed E-state index contributed by atoms with van der Waals surface area (Å²) in [7, 11) is -6.11. The Morgan fingerprint density at radius 3 is 2.15 bits per heavy atom. The van der Waals surface area contributed by atoms with Gasteiger partial charge in [-0.05, 0) is 43.2 Å². The Morgan fingerprint density at radius 2 is 1.59 bits per heavy atom. The molecule has 0 radical (unpaired) electrons. The summed E-state index contributed by atoms with van der Waals surface area (Å²) in [6.07, 6.45) is 0.379. The second-order valence-corrected chi connectivity index (χ2v) is 10.4. The van der Waals surface area contributed by atoms with E-state index in [-0.39, 0.29) is 41.5 Å². The normalized spacial score (nSPS) is 17.0. The Morgan fingerprint density at radius 1 is 0.963 bits per heavy atom. The maximum absolute atomic E-state index is 13.9. The van der Waals surface area contributed by atoms with Gasteiger partial charge in [-0.15, -0.1) is 0 Å². The van der Waals surface area contributed by atoms with Crippen molar-refractivity contribution >= 4 is 19.9 Å². The molecular weight excluding hydrogens is 393 g/mol. The standard InChI is InChI=1S/C18H20FNO5S2/c1-25-18-8-7-16(13-17(18)19)27(23,24)20-11-9-15(10-12-20)26(21,22)14-5-3-2-4-6-14/h2-8,13,15H,9-12H2,1H3. The molecule has 0 aliphatic carbocycles. The highest BCUT2D eigenvalue weighted by molar-refractivity contribution is 7.92. The van der Waals surface area contributed by atoms with Gasteiger partial charge in [-0.1, -0.05) is 18.2 Å². The van der Waals surface area contributed by atoms with Crippen LogP contribution in [0, 0.1) is 5.82 Å². The average Bonchev–Trinajstić information content (AvgIpc) is 2.68. The van der Waals surface area contributed by atoms with Gasteiger partial charge in [0.25, 0.3) is 0 Å². The van der Waals surface area contributed by atoms with Crippen molar-refractivity contribution in [3.63, 3.8) is 0 Å². The summed E-state index contributed by atoms with van der Waals surface area (Å²) in [4.78, 5) is 0.0636. The molecule has 0 unspecified atom stereocenters. The van der Waals surface area contributed by atoms with E-state index in [0.29, 0.717) is 0 Å². The average molecular weight is 413 g/mol. The number of sulfone groups is 1. The second-order valence-electron chi connectivity index (χ2n) is 6.26. The van der Waals surface area contributed by atoms with Crippen LogP contribution in [-0.2, 0) is 19.9 Å². The zero-order valence-corrected chi connectivity index (χ0v) is 16.3. The second kappa shape index (κ2) is 7.57. The quantitative estimate of drug-likeness (QED) is 0.752. The van der Waals surface area contributed by atoms with E-state index >= 15 is 0 Å². The number of hydrogen-bond acceptors (Lipinski definition) is 5. The largest absolute Gasteiger partial charge is 0.494 e. The van der Waals surface area contributed by atoms with E-state index in [2.05, 4.69) is 0 Å². The number of benzene rings is 2. The van der Waals surface area contributed by atoms with Crippen molar-refractivity contribution in [2.24, 2.45) is 0 Å². The molecule has 1 heterocycles. The molecule has 3 rings (SSSR count). The Kier molecular flexibility index (Phi) is 5.55. The summed E-state index contributed by atoms with van der Waals surface area (Å²) in [5, 5.41) is -0.640. The van der Waals surface area contributed by atoms with Crippen LogP contribution in [0.25, 0.3) is 0 Å². The fourth-order valence-corrected chi connectivity index (χ4v) is 6.38. The highest BCUT2D eigenvalue weighted by Crippen LogP contribution is 2.29. The van der Waals surface area contributed by atoms with Crippen LogP contribution in [0.15, 0.2) is 58.3 Å². The first kappa shape index (κ1) is 19.8. The van der Waals surface area contributed by atoms with E-state index in [4.69, 9.17) is 4.74 Å². The van der Waals surface area contributed by atoms with E-state index in [1.54, 1.807) is 30.3 Å². The van der Waals surface area contributed by atoms with Crippen molar-refractivity contribution in [3.05, 3.63) is 54.3 Å². The minimum absolute atomic E-state index is 0.0402. The predicted molar refractivity (Wildman–Crippen MR) is 98.4 cm³/mol. The Bertz CT molecular complexity index is 1010. The van der Waals surface area contributed by atoms with Crippen molar-refractivity contribution in [1.29, 1.82) is 0 Å². The number of ether oxygens (including phenoxy) is 1. The molecule has 0 atom stereocenters. The van der Waals surface area contributed by atoms with Gasteiger partial charge in [0.1, 0.15) is 0 Å². The van der Waals surface area contributed by atoms with Crippen LogP contribution >= 0.6 is 0 Å². The minimum atomic E-state index is -3.90. The first-order valence-electron chi connectivity index (χ1n) is 8.39. The summed E-state index contributed by atoms with van der Waals surface area (Å²) in [5.41, 5.74) is 0. The molecule has 0 saturated carbocycles. The summed E-state index contributed by atoms with van der Waals surface area (Å²) in [5.74, 6) is -0.804. The number of halogens is 1. The number of sulfonamides is 1. The highest BCUT2D eigenvalue weighted by atomic mass is 32.2. The molecule has 2 aromatic carbocycles. The molecule has 1 fully saturated rings. The van der Waals surface area contributed by atoms with Gasteiger partial charge in [-0.3, -0.25) is 0 Å². The molecule has 146 valence electrons. The van der Waals surface area contributed by atoms with Gasteiger partial charge in [0.15, 0.2) is 21.4 Å². The third-order valence-electron chi connectivity index (χ3n) is 4.67. The molecular formula is C18H20FNO5S2. The molecule has 9 heteroatoms. The van der Waals surface area contributed by atoms with Crippen molar-refractivity contribution < 1.29 is 26.0 Å². The molecule has 2 aromatic rings. The van der Waals surface area contributed by atoms with Gasteiger partial charge in [0.05, 0.1) is 22.2 Å². The first-order chi connectivity index (χ1) is 12.8. The molecule has 1 aliphatic heterocycles. The number of piperidine rings is 1. The summed E-state index contributed by atoms with van der Waals surface area (Å²) in [6, 6.07) is 11.6. The third kappa shape index (κ3) is 3.85. The van der Waals surface area contributed by atoms with Crippen LogP contribution in [0.2, 0.25) is 0 Å². The highest BCUT2D eigenvalue weighted by Gasteiger charge is 2.35. The van der Waals surface area contributed by atoms with E-state index in [1.165, 1.54) is 23.5 Å². The van der Waals surface area contributed by atoms with E-state index < -0.39 is 30.9 Å². The third-order valence-corrected chi connectivity index (χ3v) is 8.85. The SMILES string of the molecule is COc1ccc(S(=O)(=O)N2CCC(S(=O)(=O)c3ccccc3)CC2)cc1F. The van der Waals surface area contributed by atoms with Gasteiger partial charge in [0.2, 0.25) is 10.0 Å². The minimum Gasteiger partial charge on any atom is -0.494 e. The van der Waals surface area contributed by atoms with Crippen LogP contribution in [-0.4, -0.2) is 46.6 Å². The molecule has 6 nitrogen and oxygen atoms in total. The monoisotopic (exact) mass is 413 g/mol. The summed E-state index contributed by atoms with van der Waals surface area (Å²) < 4.78 is 70.7. The van der Waals surface area contributed by atoms with Gasteiger partial charge >= 0.3 is 0 Å². The molecule has 1 saturated heterocycles. The fraction of sp³-hybridized carbons (Fsp3) is 0.333. The molecule has 27 heavy (non-hydrogen) atoms. The lowest BCUT2D eigenvalue weighted by molar-refractivity contribution is 0.345. The molecule has 0 aromatic heterocycles. The number of rotatable bonds is 5. The lowest BCUT2D eigenvalue weighted by Crippen LogP contribution is -2.42. The molecule has 0 N–H and O–H groups in total. The first-order valence-corrected chi connectivity index (χ1v) is 11.4. The number of hydrogen-bond donors (Lipinski definition) is 0. The Labute approximate surface area is 158 Å². The number of methoxy groups -OCH3 is 1. The molecule has 1 aliphatic rings. The summed E-state index contributed by atoms with van der Waals surface area (Å²) in [6.45, 7) is 0.124. The van der Waals surface area contributed by atoms with Crippen molar-refractivity contribution in [2.75, 3.05) is 20.2 Å². The lowest BCUT2D eigenvalue weighted by Gasteiger charge is -2.31. The van der Waals surface area contributed by atoms with Crippen LogP contribution in [0.3, 0.4) is 0 Å². The molecule has 0 amide bonds. The Hall–Kier alpha value is -1.97. The zero-order valence-electron chi connectivity index (χ0n) is 14.7. The van der Waals surface area contributed by atoms with Crippen molar-refractivity contribution in [1.82, 2.24) is 4.31 Å². The zero-order chi connectivity index (χ0) is 19.7. The van der Waals surface area contributed by atoms with Crippen LogP contribution in [0.1, 0.15) is 12.8 Å². The maximum atomic E-state index is 13.9. The molecule has 0 spiro atoms. The number of nitrogens with zero attached hydrogens (tertiary/aromatic N) is 1. The van der Waals surface area contributed by atoms with Gasteiger partial charge in [-0.25, -0.2) is 21.2 Å². The van der Waals surface area contributed by atoms with Crippen molar-refractivity contribution in [2.45, 2.75) is 27.9 Å². The fourth-order valence-electron chi connectivity index (χ4n) is 3.14.